The van der Waals surface area contributed by atoms with Crippen LogP contribution in [-0.2, 0) is 4.74 Å². The monoisotopic (exact) mass is 253 g/mol. The lowest BCUT2D eigenvalue weighted by Gasteiger charge is -1.98. The molecule has 0 saturated carbocycles. The second-order valence-corrected chi connectivity index (χ2v) is 4.05. The van der Waals surface area contributed by atoms with E-state index in [2.05, 4.69) is 10.1 Å². The number of hydrogen-bond acceptors (Lipinski definition) is 4. The number of aromatic nitrogens is 3. The fourth-order valence-electron chi connectivity index (χ4n) is 1.88. The van der Waals surface area contributed by atoms with Crippen LogP contribution in [0, 0.1) is 0 Å². The van der Waals surface area contributed by atoms with Gasteiger partial charge in [0.15, 0.2) is 0 Å². The van der Waals surface area contributed by atoms with Crippen LogP contribution >= 0.6 is 0 Å². The van der Waals surface area contributed by atoms with Gasteiger partial charge in [-0.3, -0.25) is 4.98 Å². The second-order valence-electron chi connectivity index (χ2n) is 4.05. The van der Waals surface area contributed by atoms with Crippen LogP contribution in [-0.4, -0.2) is 27.8 Å². The summed E-state index contributed by atoms with van der Waals surface area (Å²) in [5.74, 6) is -0.363. The third kappa shape index (κ3) is 2.06. The first-order chi connectivity index (χ1) is 9.28. The van der Waals surface area contributed by atoms with Gasteiger partial charge in [0.25, 0.3) is 0 Å². The van der Waals surface area contributed by atoms with Crippen LogP contribution in [0.1, 0.15) is 10.4 Å². The van der Waals surface area contributed by atoms with Gasteiger partial charge in [0.1, 0.15) is 0 Å². The van der Waals surface area contributed by atoms with Gasteiger partial charge >= 0.3 is 5.97 Å². The highest BCUT2D eigenvalue weighted by Gasteiger charge is 2.08. The summed E-state index contributed by atoms with van der Waals surface area (Å²) < 4.78 is 6.43. The van der Waals surface area contributed by atoms with Gasteiger partial charge in [-0.05, 0) is 24.3 Å². The minimum absolute atomic E-state index is 0.363. The molecule has 3 rings (SSSR count). The van der Waals surface area contributed by atoms with Crippen molar-refractivity contribution in [3.05, 3.63) is 54.5 Å². The minimum atomic E-state index is -0.363. The van der Waals surface area contributed by atoms with Gasteiger partial charge in [0, 0.05) is 17.8 Å². The zero-order valence-corrected chi connectivity index (χ0v) is 10.3. The van der Waals surface area contributed by atoms with E-state index in [4.69, 9.17) is 4.74 Å². The van der Waals surface area contributed by atoms with Gasteiger partial charge in [-0.15, -0.1) is 0 Å². The maximum Gasteiger partial charge on any atom is 0.337 e. The number of pyridine rings is 1. The van der Waals surface area contributed by atoms with Crippen molar-refractivity contribution in [2.75, 3.05) is 7.11 Å². The summed E-state index contributed by atoms with van der Waals surface area (Å²) in [5.41, 5.74) is 2.11. The van der Waals surface area contributed by atoms with Crippen molar-refractivity contribution in [3.8, 4) is 5.69 Å². The largest absolute Gasteiger partial charge is 0.465 e. The summed E-state index contributed by atoms with van der Waals surface area (Å²) in [6.45, 7) is 0. The van der Waals surface area contributed by atoms with Crippen LogP contribution in [0.5, 0.6) is 0 Å². The number of methoxy groups -OCH3 is 1. The van der Waals surface area contributed by atoms with E-state index in [-0.39, 0.29) is 5.97 Å². The smallest absolute Gasteiger partial charge is 0.337 e. The van der Waals surface area contributed by atoms with Gasteiger partial charge in [-0.2, -0.15) is 5.10 Å². The molecule has 0 fully saturated rings. The lowest BCUT2D eigenvalue weighted by atomic mass is 10.2. The topological polar surface area (TPSA) is 57.0 Å². The van der Waals surface area contributed by atoms with E-state index in [1.807, 2.05) is 24.4 Å². The molecule has 19 heavy (non-hydrogen) atoms. The number of hydrogen-bond donors (Lipinski definition) is 0. The van der Waals surface area contributed by atoms with E-state index < -0.39 is 0 Å². The first-order valence-electron chi connectivity index (χ1n) is 5.76. The first kappa shape index (κ1) is 11.4. The van der Waals surface area contributed by atoms with E-state index in [0.717, 1.165) is 16.6 Å². The number of ether oxygens (including phenoxy) is 1. The Morgan fingerprint density at radius 1 is 1.32 bits per heavy atom. The Morgan fingerprint density at radius 3 is 2.95 bits per heavy atom. The molecular formula is C14H11N3O2. The number of carbonyl (C=O) groups excluding carboxylic acids is 1. The first-order valence-corrected chi connectivity index (χ1v) is 5.76. The van der Waals surface area contributed by atoms with Gasteiger partial charge in [-0.25, -0.2) is 9.48 Å². The highest BCUT2D eigenvalue weighted by Crippen LogP contribution is 2.17. The molecule has 0 bridgehead atoms. The van der Waals surface area contributed by atoms with Gasteiger partial charge in [-0.1, -0.05) is 6.07 Å². The van der Waals surface area contributed by atoms with Crippen LogP contribution in [0.4, 0.5) is 0 Å². The zero-order chi connectivity index (χ0) is 13.2. The lowest BCUT2D eigenvalue weighted by Crippen LogP contribution is -2.00. The molecule has 5 heteroatoms. The number of esters is 1. The van der Waals surface area contributed by atoms with Crippen LogP contribution < -0.4 is 0 Å². The molecule has 0 saturated heterocycles. The Kier molecular flexibility index (Phi) is 2.72. The molecule has 3 aromatic rings. The number of nitrogens with zero attached hydrogens (tertiary/aromatic N) is 3. The average molecular weight is 253 g/mol. The molecule has 94 valence electrons. The minimum Gasteiger partial charge on any atom is -0.465 e. The molecule has 0 unspecified atom stereocenters. The third-order valence-electron chi connectivity index (χ3n) is 2.84. The highest BCUT2D eigenvalue weighted by molar-refractivity contribution is 5.94. The van der Waals surface area contributed by atoms with Crippen molar-refractivity contribution < 1.29 is 9.53 Å². The van der Waals surface area contributed by atoms with Crippen molar-refractivity contribution in [2.24, 2.45) is 0 Å². The molecule has 0 aliphatic rings. The Labute approximate surface area is 109 Å². The predicted octanol–water partition coefficient (Wildman–Crippen LogP) is 2.21. The summed E-state index contributed by atoms with van der Waals surface area (Å²) in [7, 11) is 1.36. The number of rotatable bonds is 2. The highest BCUT2D eigenvalue weighted by atomic mass is 16.5. The number of benzene rings is 1. The van der Waals surface area contributed by atoms with E-state index in [0.29, 0.717) is 5.56 Å². The predicted molar refractivity (Wildman–Crippen MR) is 70.2 cm³/mol. The average Bonchev–Trinajstić information content (AvgIpc) is 2.90. The molecule has 0 N–H and O–H groups in total. The molecule has 2 aromatic heterocycles. The molecule has 1 aromatic carbocycles. The van der Waals surface area contributed by atoms with Gasteiger partial charge < -0.3 is 4.74 Å². The normalized spacial score (nSPS) is 10.6. The Bertz CT molecular complexity index is 735. The summed E-state index contributed by atoms with van der Waals surface area (Å²) in [4.78, 5) is 15.5. The molecule has 0 atom stereocenters. The van der Waals surface area contributed by atoms with Crippen molar-refractivity contribution in [3.63, 3.8) is 0 Å². The van der Waals surface area contributed by atoms with Crippen molar-refractivity contribution >= 4 is 16.9 Å². The molecule has 5 nitrogen and oxygen atoms in total. The Balaban J connectivity index is 2.09. The summed E-state index contributed by atoms with van der Waals surface area (Å²) >= 11 is 0. The van der Waals surface area contributed by atoms with E-state index in [1.54, 1.807) is 29.2 Å². The standard InChI is InChI=1S/C14H11N3O2/c1-19-14(18)10-4-5-11-9-17(16-13(11)7-10)12-3-2-6-15-8-12/h2-9H,1H3. The summed E-state index contributed by atoms with van der Waals surface area (Å²) in [6.07, 6.45) is 5.34. The van der Waals surface area contributed by atoms with E-state index in [9.17, 15) is 4.79 Å². The SMILES string of the molecule is COC(=O)c1ccc2cn(-c3cccnc3)nc2c1. The third-order valence-corrected chi connectivity index (χ3v) is 2.84. The summed E-state index contributed by atoms with van der Waals surface area (Å²) in [6, 6.07) is 9.06. The molecular weight excluding hydrogens is 242 g/mol. The van der Waals surface area contributed by atoms with Crippen molar-refractivity contribution in [1.82, 2.24) is 14.8 Å². The van der Waals surface area contributed by atoms with Crippen LogP contribution in [0.25, 0.3) is 16.6 Å². The van der Waals surface area contributed by atoms with Crippen LogP contribution in [0.2, 0.25) is 0 Å². The molecule has 0 radical (unpaired) electrons. The van der Waals surface area contributed by atoms with Crippen LogP contribution in [0.15, 0.2) is 48.9 Å². The fraction of sp³-hybridized carbons (Fsp3) is 0.0714. The molecule has 0 aliphatic carbocycles. The molecule has 2 heterocycles. The van der Waals surface area contributed by atoms with E-state index >= 15 is 0 Å². The molecule has 0 amide bonds. The van der Waals surface area contributed by atoms with Crippen molar-refractivity contribution in [1.29, 1.82) is 0 Å². The second kappa shape index (κ2) is 4.53. The maximum absolute atomic E-state index is 11.5. The quantitative estimate of drug-likeness (QED) is 0.657. The molecule has 0 aliphatic heterocycles. The lowest BCUT2D eigenvalue weighted by molar-refractivity contribution is 0.0601. The van der Waals surface area contributed by atoms with Gasteiger partial charge in [0.05, 0.1) is 30.1 Å². The Morgan fingerprint density at radius 2 is 2.21 bits per heavy atom. The number of carbonyl (C=O) groups is 1. The summed E-state index contributed by atoms with van der Waals surface area (Å²) in [5, 5.41) is 5.38. The van der Waals surface area contributed by atoms with Crippen molar-refractivity contribution in [2.45, 2.75) is 0 Å². The van der Waals surface area contributed by atoms with Gasteiger partial charge in [0.2, 0.25) is 0 Å². The van der Waals surface area contributed by atoms with E-state index in [1.165, 1.54) is 7.11 Å². The zero-order valence-electron chi connectivity index (χ0n) is 10.3. The maximum atomic E-state index is 11.5. The number of fused-ring (bicyclic) bond motifs is 1. The molecule has 0 spiro atoms. The Hall–Kier alpha value is -2.69. The van der Waals surface area contributed by atoms with Crippen LogP contribution in [0.3, 0.4) is 0 Å². The fourth-order valence-corrected chi connectivity index (χ4v) is 1.88.